The molecule has 27 heavy (non-hydrogen) atoms. The van der Waals surface area contributed by atoms with Gasteiger partial charge in [0.05, 0.1) is 0 Å². The van der Waals surface area contributed by atoms with Crippen LogP contribution in [-0.4, -0.2) is 40.5 Å². The first-order valence-corrected chi connectivity index (χ1v) is 10.3. The highest BCUT2D eigenvalue weighted by Crippen LogP contribution is 2.42. The van der Waals surface area contributed by atoms with Gasteiger partial charge in [0.1, 0.15) is 5.56 Å². The average Bonchev–Trinajstić information content (AvgIpc) is 3.41. The lowest BCUT2D eigenvalue weighted by molar-refractivity contribution is 0.0924. The minimum Gasteiger partial charge on any atom is -0.348 e. The molecule has 1 aliphatic heterocycles. The smallest absolute Gasteiger partial charge is 0.263 e. The lowest BCUT2D eigenvalue weighted by Gasteiger charge is -2.31. The first-order valence-electron chi connectivity index (χ1n) is 10.3. The molecule has 0 unspecified atom stereocenters. The molecule has 1 aromatic rings. The summed E-state index contributed by atoms with van der Waals surface area (Å²) in [6.07, 6.45) is 9.24. The van der Waals surface area contributed by atoms with Crippen LogP contribution in [-0.2, 0) is 7.05 Å². The zero-order valence-electron chi connectivity index (χ0n) is 16.4. The lowest BCUT2D eigenvalue weighted by Crippen LogP contribution is -2.44. The van der Waals surface area contributed by atoms with Crippen molar-refractivity contribution >= 4 is 18.3 Å². The second-order valence-electron chi connectivity index (χ2n) is 8.58. The summed E-state index contributed by atoms with van der Waals surface area (Å²) in [6.45, 7) is 3.95. The van der Waals surface area contributed by atoms with E-state index in [0.717, 1.165) is 24.7 Å². The van der Waals surface area contributed by atoms with Gasteiger partial charge in [0.2, 0.25) is 0 Å². The van der Waals surface area contributed by atoms with Crippen LogP contribution in [0, 0.1) is 18.8 Å². The number of aryl methyl sites for hydroxylation is 1. The highest BCUT2D eigenvalue weighted by Gasteiger charge is 2.44. The van der Waals surface area contributed by atoms with Gasteiger partial charge in [0, 0.05) is 37.9 Å². The summed E-state index contributed by atoms with van der Waals surface area (Å²) in [5, 5.41) is 3.23. The normalized spacial score (nSPS) is 26.6. The van der Waals surface area contributed by atoms with E-state index in [9.17, 15) is 9.59 Å². The van der Waals surface area contributed by atoms with E-state index in [1.54, 1.807) is 17.7 Å². The molecule has 1 aromatic heterocycles. The number of carbonyl (C=O) groups excluding carboxylic acids is 1. The van der Waals surface area contributed by atoms with Crippen LogP contribution in [0.3, 0.4) is 0 Å². The summed E-state index contributed by atoms with van der Waals surface area (Å²) in [5.74, 6) is 1.11. The molecule has 3 fully saturated rings. The molecule has 5 nitrogen and oxygen atoms in total. The first-order chi connectivity index (χ1) is 12.5. The fourth-order valence-corrected chi connectivity index (χ4v) is 4.91. The van der Waals surface area contributed by atoms with E-state index in [1.807, 2.05) is 13.0 Å². The van der Waals surface area contributed by atoms with Crippen molar-refractivity contribution in [1.82, 2.24) is 14.8 Å². The van der Waals surface area contributed by atoms with Crippen LogP contribution in [0.2, 0.25) is 0 Å². The molecule has 4 rings (SSSR count). The Labute approximate surface area is 167 Å². The maximum atomic E-state index is 12.8. The van der Waals surface area contributed by atoms with Crippen molar-refractivity contribution in [1.29, 1.82) is 0 Å². The van der Waals surface area contributed by atoms with Gasteiger partial charge in [-0.25, -0.2) is 0 Å². The summed E-state index contributed by atoms with van der Waals surface area (Å²) < 4.78 is 1.55. The third kappa shape index (κ3) is 4.24. The number of nitrogens with zero attached hydrogens (tertiary/aromatic N) is 2. The number of amides is 1. The summed E-state index contributed by atoms with van der Waals surface area (Å²) in [6, 6.07) is 4.40. The molecule has 1 saturated heterocycles. The standard InChI is InChI=1S/C21H31N3O2.ClH/c1-14-8-11-17(21(26)23(14)2)20(25)22-19-13-24(12-18(19)15-9-10-15)16-6-4-3-5-7-16;/h8,11,15-16,18-19H,3-7,9-10,12-13H2,1-2H3,(H,22,25);1H/t18-,19+;/m1./s1. The third-order valence-corrected chi connectivity index (χ3v) is 6.83. The minimum atomic E-state index is -0.202. The van der Waals surface area contributed by atoms with Gasteiger partial charge >= 0.3 is 0 Å². The van der Waals surface area contributed by atoms with Gasteiger partial charge in [-0.2, -0.15) is 0 Å². The van der Waals surface area contributed by atoms with Crippen LogP contribution in [0.25, 0.3) is 0 Å². The Balaban J connectivity index is 0.00000210. The molecule has 150 valence electrons. The molecular weight excluding hydrogens is 362 g/mol. The summed E-state index contributed by atoms with van der Waals surface area (Å²) in [4.78, 5) is 27.9. The fourth-order valence-electron chi connectivity index (χ4n) is 4.91. The van der Waals surface area contributed by atoms with Crippen LogP contribution in [0.15, 0.2) is 16.9 Å². The predicted octanol–water partition coefficient (Wildman–Crippen LogP) is 2.89. The van der Waals surface area contributed by atoms with Gasteiger partial charge in [-0.15, -0.1) is 12.4 Å². The van der Waals surface area contributed by atoms with Gasteiger partial charge in [-0.3, -0.25) is 14.5 Å². The summed E-state index contributed by atoms with van der Waals surface area (Å²) in [7, 11) is 1.72. The second-order valence-corrected chi connectivity index (χ2v) is 8.58. The Morgan fingerprint density at radius 2 is 1.78 bits per heavy atom. The van der Waals surface area contributed by atoms with Crippen LogP contribution in [0.1, 0.15) is 61.0 Å². The number of nitrogens with one attached hydrogen (secondary N) is 1. The van der Waals surface area contributed by atoms with E-state index in [2.05, 4.69) is 10.2 Å². The SMILES string of the molecule is Cc1ccc(C(=O)N[C@H]2CN(C3CCCCC3)C[C@@H]2C2CC2)c(=O)n1C.Cl. The van der Waals surface area contributed by atoms with Crippen molar-refractivity contribution in [3.8, 4) is 0 Å². The molecule has 2 atom stereocenters. The van der Waals surface area contributed by atoms with Crippen molar-refractivity contribution in [2.24, 2.45) is 18.9 Å². The van der Waals surface area contributed by atoms with E-state index >= 15 is 0 Å². The monoisotopic (exact) mass is 393 g/mol. The number of pyridine rings is 1. The lowest BCUT2D eigenvalue weighted by atomic mass is 9.94. The van der Waals surface area contributed by atoms with Crippen LogP contribution in [0.4, 0.5) is 0 Å². The van der Waals surface area contributed by atoms with Gasteiger partial charge < -0.3 is 9.88 Å². The molecular formula is C21H32ClN3O2. The number of rotatable bonds is 4. The van der Waals surface area contributed by atoms with E-state index < -0.39 is 0 Å². The van der Waals surface area contributed by atoms with Crippen molar-refractivity contribution in [2.75, 3.05) is 13.1 Å². The molecule has 2 saturated carbocycles. The number of aromatic nitrogens is 1. The number of halogens is 1. The molecule has 1 N–H and O–H groups in total. The van der Waals surface area contributed by atoms with E-state index in [1.165, 1.54) is 44.9 Å². The molecule has 0 spiro atoms. The van der Waals surface area contributed by atoms with Crippen molar-refractivity contribution in [3.63, 3.8) is 0 Å². The minimum absolute atomic E-state index is 0. The van der Waals surface area contributed by atoms with Crippen molar-refractivity contribution < 1.29 is 4.79 Å². The maximum absolute atomic E-state index is 12.8. The third-order valence-electron chi connectivity index (χ3n) is 6.83. The molecule has 1 amide bonds. The Morgan fingerprint density at radius 1 is 1.07 bits per heavy atom. The summed E-state index contributed by atoms with van der Waals surface area (Å²) >= 11 is 0. The predicted molar refractivity (Wildman–Crippen MR) is 110 cm³/mol. The number of hydrogen-bond donors (Lipinski definition) is 1. The molecule has 2 aliphatic carbocycles. The Morgan fingerprint density at radius 3 is 2.44 bits per heavy atom. The van der Waals surface area contributed by atoms with Crippen LogP contribution in [0.5, 0.6) is 0 Å². The molecule has 2 heterocycles. The number of hydrogen-bond acceptors (Lipinski definition) is 3. The van der Waals surface area contributed by atoms with Crippen molar-refractivity contribution in [3.05, 3.63) is 33.7 Å². The largest absolute Gasteiger partial charge is 0.348 e. The quantitative estimate of drug-likeness (QED) is 0.855. The van der Waals surface area contributed by atoms with Gasteiger partial charge in [-0.1, -0.05) is 19.3 Å². The molecule has 0 aromatic carbocycles. The van der Waals surface area contributed by atoms with E-state index in [0.29, 0.717) is 12.0 Å². The Bertz CT molecular complexity index is 737. The first kappa shape index (κ1) is 20.4. The van der Waals surface area contributed by atoms with Gasteiger partial charge in [0.15, 0.2) is 0 Å². The van der Waals surface area contributed by atoms with E-state index in [4.69, 9.17) is 0 Å². The Kier molecular flexibility index (Phi) is 6.32. The van der Waals surface area contributed by atoms with Gasteiger partial charge in [-0.05, 0) is 56.6 Å². The molecule has 6 heteroatoms. The fraction of sp³-hybridized carbons (Fsp3) is 0.714. The van der Waals surface area contributed by atoms with Crippen molar-refractivity contribution in [2.45, 2.75) is 64.0 Å². The molecule has 3 aliphatic rings. The molecule has 0 radical (unpaired) electrons. The second kappa shape index (κ2) is 8.36. The van der Waals surface area contributed by atoms with Crippen LogP contribution < -0.4 is 10.9 Å². The highest BCUT2D eigenvalue weighted by atomic mass is 35.5. The average molecular weight is 394 g/mol. The zero-order chi connectivity index (χ0) is 18.3. The summed E-state index contributed by atoms with van der Waals surface area (Å²) in [5.41, 5.74) is 0.933. The zero-order valence-corrected chi connectivity index (χ0v) is 17.3. The topological polar surface area (TPSA) is 54.3 Å². The number of carbonyl (C=O) groups is 1. The Hall–Kier alpha value is -1.33. The number of likely N-dealkylation sites (tertiary alicyclic amines) is 1. The van der Waals surface area contributed by atoms with Crippen LogP contribution >= 0.6 is 12.4 Å². The molecule has 0 bridgehead atoms. The van der Waals surface area contributed by atoms with Gasteiger partial charge in [0.25, 0.3) is 11.5 Å². The van der Waals surface area contributed by atoms with E-state index in [-0.39, 0.29) is 35.5 Å². The highest BCUT2D eigenvalue weighted by molar-refractivity contribution is 5.94. The maximum Gasteiger partial charge on any atom is 0.263 e.